The van der Waals surface area contributed by atoms with Crippen molar-refractivity contribution in [2.75, 3.05) is 5.34 Å². The molecule has 46 valence electrons. The molecule has 0 saturated carbocycles. The van der Waals surface area contributed by atoms with Crippen LogP contribution < -0.4 is 0 Å². The molecular weight excluding hydrogens is 158 g/mol. The first kappa shape index (κ1) is 10.7. The summed E-state index contributed by atoms with van der Waals surface area (Å²) >= 11 is 14.4. The Morgan fingerprint density at radius 1 is 1.57 bits per heavy atom. The van der Waals surface area contributed by atoms with E-state index in [1.54, 1.807) is 0 Å². The molecule has 1 nitrogen and oxygen atoms in total. The Bertz CT molecular complexity index is 21.4. The Balaban J connectivity index is 0. The third-order valence-electron chi connectivity index (χ3n) is 0. The number of aliphatic hydroxyl groups excluding tert-OH is 1. The van der Waals surface area contributed by atoms with Crippen LogP contribution in [0.2, 0.25) is 0 Å². The molecule has 0 amide bonds. The van der Waals surface area contributed by atoms with Gasteiger partial charge < -0.3 is 5.11 Å². The maximum absolute atomic E-state index is 7.82. The van der Waals surface area contributed by atoms with E-state index >= 15 is 0 Å². The van der Waals surface area contributed by atoms with Crippen LogP contribution in [0.4, 0.5) is 0 Å². The van der Waals surface area contributed by atoms with E-state index in [1.807, 2.05) is 0 Å². The van der Waals surface area contributed by atoms with Gasteiger partial charge in [0, 0.05) is 0 Å². The van der Waals surface area contributed by atoms with Crippen LogP contribution >= 0.6 is 34.8 Å². The lowest BCUT2D eigenvalue weighted by atomic mass is 10.9. The number of halogens is 3. The van der Waals surface area contributed by atoms with Crippen LogP contribution in [-0.2, 0) is 0 Å². The fourth-order valence-corrected chi connectivity index (χ4v) is 0. The molecule has 0 heterocycles. The predicted molar refractivity (Wildman–Crippen MR) is 34.1 cm³/mol. The van der Waals surface area contributed by atoms with Gasteiger partial charge in [-0.25, -0.2) is 0 Å². The Kier molecular flexibility index (Phi) is 15.3. The highest BCUT2D eigenvalue weighted by Gasteiger charge is 1.72. The van der Waals surface area contributed by atoms with Gasteiger partial charge in [0.1, 0.15) is 5.56 Å². The minimum absolute atomic E-state index is 0.194. The van der Waals surface area contributed by atoms with Crippen molar-refractivity contribution in [1.82, 2.24) is 0 Å². The van der Waals surface area contributed by atoms with E-state index in [9.17, 15) is 0 Å². The van der Waals surface area contributed by atoms with E-state index in [0.717, 1.165) is 0 Å². The lowest BCUT2D eigenvalue weighted by molar-refractivity contribution is 0.277. The highest BCUT2D eigenvalue weighted by molar-refractivity contribution is 6.40. The fourth-order valence-electron chi connectivity index (χ4n) is 0. The van der Waals surface area contributed by atoms with Crippen LogP contribution in [0, 0.1) is 0 Å². The third-order valence-corrected chi connectivity index (χ3v) is 0. The summed E-state index contributed by atoms with van der Waals surface area (Å²) in [7, 11) is 0. The van der Waals surface area contributed by atoms with E-state index in [-0.39, 0.29) is 5.34 Å². The van der Waals surface area contributed by atoms with Gasteiger partial charge in [-0.3, -0.25) is 0 Å². The summed E-state index contributed by atoms with van der Waals surface area (Å²) in [5.41, 5.74) is -0.694. The quantitative estimate of drug-likeness (QED) is 0.544. The zero-order valence-corrected chi connectivity index (χ0v) is 6.13. The normalized spacial score (nSPS) is 11.6. The summed E-state index contributed by atoms with van der Waals surface area (Å²) in [5, 5.41) is 8.02. The van der Waals surface area contributed by atoms with Gasteiger partial charge in [-0.1, -0.05) is 11.6 Å². The first-order chi connectivity index (χ1) is 3.15. The standard InChI is InChI=1S/C2H5ClO.CH2Cl2/c1-2(3)4;2-1-3/h2,4H,1H3;1H2. The van der Waals surface area contributed by atoms with Crippen molar-refractivity contribution in [1.29, 1.82) is 0 Å². The zero-order chi connectivity index (χ0) is 6.28. The predicted octanol–water partition coefficient (Wildman–Crippen LogP) is 1.98. The summed E-state index contributed by atoms with van der Waals surface area (Å²) in [6.45, 7) is 1.49. The van der Waals surface area contributed by atoms with Crippen molar-refractivity contribution in [3.8, 4) is 0 Å². The summed E-state index contributed by atoms with van der Waals surface area (Å²) in [6, 6.07) is 0. The topological polar surface area (TPSA) is 20.2 Å². The molecule has 0 radical (unpaired) electrons. The van der Waals surface area contributed by atoms with Crippen LogP contribution in [0.15, 0.2) is 0 Å². The summed E-state index contributed by atoms with van der Waals surface area (Å²) in [6.07, 6.45) is 0. The Hall–Kier alpha value is 0.830. The zero-order valence-electron chi connectivity index (χ0n) is 3.87. The molecule has 0 spiro atoms. The lowest BCUT2D eigenvalue weighted by Gasteiger charge is -1.77. The monoisotopic (exact) mass is 164 g/mol. The molecule has 7 heavy (non-hydrogen) atoms. The highest BCUT2D eigenvalue weighted by atomic mass is 35.5. The molecule has 0 aromatic heterocycles. The average Bonchev–Trinajstić information content (AvgIpc) is 1.33. The van der Waals surface area contributed by atoms with Crippen molar-refractivity contribution >= 4 is 34.8 Å². The molecular formula is C3H7Cl3O. The molecule has 0 fully saturated rings. The van der Waals surface area contributed by atoms with Crippen LogP contribution in [0.25, 0.3) is 0 Å². The van der Waals surface area contributed by atoms with E-state index in [2.05, 4.69) is 0 Å². The summed E-state index contributed by atoms with van der Waals surface area (Å²) in [4.78, 5) is 0. The van der Waals surface area contributed by atoms with Crippen molar-refractivity contribution in [2.45, 2.75) is 12.5 Å². The minimum Gasteiger partial charge on any atom is -0.378 e. The smallest absolute Gasteiger partial charge is 0.125 e. The number of rotatable bonds is 0. The molecule has 0 aliphatic carbocycles. The second-order valence-electron chi connectivity index (χ2n) is 0.675. The molecule has 0 saturated heterocycles. The third kappa shape index (κ3) is 231. The van der Waals surface area contributed by atoms with E-state index < -0.39 is 5.56 Å². The van der Waals surface area contributed by atoms with Crippen LogP contribution in [0.1, 0.15) is 6.92 Å². The van der Waals surface area contributed by atoms with Gasteiger partial charge in [0.15, 0.2) is 0 Å². The molecule has 1 unspecified atom stereocenters. The second kappa shape index (κ2) is 9.95. The number of aliphatic hydroxyl groups is 1. The fraction of sp³-hybridized carbons (Fsp3) is 1.00. The van der Waals surface area contributed by atoms with Gasteiger partial charge in [-0.2, -0.15) is 0 Å². The van der Waals surface area contributed by atoms with Gasteiger partial charge in [-0.05, 0) is 6.92 Å². The molecule has 4 heteroatoms. The molecule has 1 atom stereocenters. The molecule has 0 rings (SSSR count). The Morgan fingerprint density at radius 3 is 1.57 bits per heavy atom. The van der Waals surface area contributed by atoms with Crippen molar-refractivity contribution in [3.05, 3.63) is 0 Å². The first-order valence-electron chi connectivity index (χ1n) is 1.59. The molecule has 0 aromatic rings. The molecule has 0 aromatic carbocycles. The molecule has 0 aliphatic rings. The Labute approximate surface area is 58.2 Å². The lowest BCUT2D eigenvalue weighted by Crippen LogP contribution is -1.79. The number of hydrogen-bond donors (Lipinski definition) is 1. The largest absolute Gasteiger partial charge is 0.378 e. The second-order valence-corrected chi connectivity index (χ2v) is 2.11. The van der Waals surface area contributed by atoms with Crippen LogP contribution in [-0.4, -0.2) is 16.0 Å². The van der Waals surface area contributed by atoms with Crippen LogP contribution in [0.3, 0.4) is 0 Å². The van der Waals surface area contributed by atoms with Gasteiger partial charge in [0.05, 0.1) is 5.34 Å². The van der Waals surface area contributed by atoms with Gasteiger partial charge >= 0.3 is 0 Å². The minimum atomic E-state index is -0.694. The number of alkyl halides is 3. The SMILES string of the molecule is CC(O)Cl.ClCCl. The van der Waals surface area contributed by atoms with Crippen molar-refractivity contribution < 1.29 is 5.11 Å². The average molecular weight is 165 g/mol. The van der Waals surface area contributed by atoms with E-state index in [0.29, 0.717) is 0 Å². The van der Waals surface area contributed by atoms with Gasteiger partial charge in [0.2, 0.25) is 0 Å². The highest BCUT2D eigenvalue weighted by Crippen LogP contribution is 1.79. The van der Waals surface area contributed by atoms with E-state index in [4.69, 9.17) is 39.9 Å². The van der Waals surface area contributed by atoms with E-state index in [1.165, 1.54) is 6.92 Å². The summed E-state index contributed by atoms with van der Waals surface area (Å²) in [5.74, 6) is 0. The van der Waals surface area contributed by atoms with Gasteiger partial charge in [-0.15, -0.1) is 23.2 Å². The number of hydrogen-bond acceptors (Lipinski definition) is 1. The molecule has 1 N–H and O–H groups in total. The van der Waals surface area contributed by atoms with Crippen molar-refractivity contribution in [3.63, 3.8) is 0 Å². The summed E-state index contributed by atoms with van der Waals surface area (Å²) < 4.78 is 0. The molecule has 0 bridgehead atoms. The Morgan fingerprint density at radius 2 is 1.57 bits per heavy atom. The maximum Gasteiger partial charge on any atom is 0.125 e. The van der Waals surface area contributed by atoms with Crippen molar-refractivity contribution in [2.24, 2.45) is 0 Å². The molecule has 0 aliphatic heterocycles. The van der Waals surface area contributed by atoms with Crippen LogP contribution in [0.5, 0.6) is 0 Å². The van der Waals surface area contributed by atoms with Gasteiger partial charge in [0.25, 0.3) is 0 Å². The first-order valence-corrected chi connectivity index (χ1v) is 3.09. The maximum atomic E-state index is 7.82.